The van der Waals surface area contributed by atoms with Crippen molar-refractivity contribution in [3.8, 4) is 0 Å². The molecule has 0 aromatic carbocycles. The highest BCUT2D eigenvalue weighted by Crippen LogP contribution is 2.10. The van der Waals surface area contributed by atoms with Crippen LogP contribution in [-0.2, 0) is 0 Å². The minimum atomic E-state index is 0.0612. The van der Waals surface area contributed by atoms with Crippen LogP contribution in [0.3, 0.4) is 0 Å². The Labute approximate surface area is 84.1 Å². The van der Waals surface area contributed by atoms with Crippen molar-refractivity contribution in [2.24, 2.45) is 5.73 Å². The Morgan fingerprint density at radius 1 is 1.50 bits per heavy atom. The summed E-state index contributed by atoms with van der Waals surface area (Å²) < 4.78 is 0. The van der Waals surface area contributed by atoms with Gasteiger partial charge in [-0.05, 0) is 32.9 Å². The second-order valence-electron chi connectivity index (χ2n) is 3.54. The van der Waals surface area contributed by atoms with Gasteiger partial charge in [0.05, 0.1) is 5.69 Å². The summed E-state index contributed by atoms with van der Waals surface area (Å²) in [7, 11) is 0. The number of rotatable bonds is 3. The molecule has 0 bridgehead atoms. The lowest BCUT2D eigenvalue weighted by molar-refractivity contribution is 0.886. The van der Waals surface area contributed by atoms with Gasteiger partial charge in [-0.2, -0.15) is 0 Å². The molecule has 1 aromatic heterocycles. The minimum Gasteiger partial charge on any atom is -0.384 e. The Bertz CT molecular complexity index is 344. The molecule has 0 saturated heterocycles. The van der Waals surface area contributed by atoms with Gasteiger partial charge in [-0.3, -0.25) is 5.41 Å². The van der Waals surface area contributed by atoms with Crippen LogP contribution in [0.25, 0.3) is 0 Å². The first-order valence-electron chi connectivity index (χ1n) is 4.59. The minimum absolute atomic E-state index is 0.0612. The Hall–Kier alpha value is -1.58. The van der Waals surface area contributed by atoms with Gasteiger partial charge in [0.2, 0.25) is 0 Å². The maximum absolute atomic E-state index is 7.31. The highest BCUT2D eigenvalue weighted by molar-refractivity contribution is 5.96. The van der Waals surface area contributed by atoms with Crippen LogP contribution in [-0.4, -0.2) is 16.9 Å². The zero-order chi connectivity index (χ0) is 10.7. The second kappa shape index (κ2) is 4.09. The smallest absolute Gasteiger partial charge is 0.126 e. The first-order chi connectivity index (χ1) is 6.50. The summed E-state index contributed by atoms with van der Waals surface area (Å²) in [4.78, 5) is 4.30. The fourth-order valence-electron chi connectivity index (χ4n) is 1.22. The third-order valence-electron chi connectivity index (χ3n) is 1.81. The standard InChI is InChI=1S/C10H16N4/c1-6(2)13-9-5-4-8(10(11)12)7(3)14-9/h4-6H,1-3H3,(H3,11,12)(H,13,14). The molecule has 0 aliphatic carbocycles. The fraction of sp³-hybridized carbons (Fsp3) is 0.400. The number of pyridine rings is 1. The zero-order valence-corrected chi connectivity index (χ0v) is 8.76. The van der Waals surface area contributed by atoms with Gasteiger partial charge in [-0.25, -0.2) is 4.98 Å². The van der Waals surface area contributed by atoms with Crippen LogP contribution in [0.5, 0.6) is 0 Å². The van der Waals surface area contributed by atoms with Crippen molar-refractivity contribution in [2.45, 2.75) is 26.8 Å². The molecular formula is C10H16N4. The van der Waals surface area contributed by atoms with Crippen molar-refractivity contribution in [1.82, 2.24) is 4.98 Å². The van der Waals surface area contributed by atoms with Crippen LogP contribution in [0.1, 0.15) is 25.1 Å². The van der Waals surface area contributed by atoms with Crippen LogP contribution >= 0.6 is 0 Å². The number of nitrogens with zero attached hydrogens (tertiary/aromatic N) is 1. The van der Waals surface area contributed by atoms with Gasteiger partial charge < -0.3 is 11.1 Å². The SMILES string of the molecule is Cc1nc(NC(C)C)ccc1C(=N)N. The molecule has 4 N–H and O–H groups in total. The summed E-state index contributed by atoms with van der Waals surface area (Å²) in [6.45, 7) is 5.95. The lowest BCUT2D eigenvalue weighted by atomic mass is 10.2. The van der Waals surface area contributed by atoms with Gasteiger partial charge in [0.25, 0.3) is 0 Å². The third kappa shape index (κ3) is 2.45. The van der Waals surface area contributed by atoms with Gasteiger partial charge in [0.15, 0.2) is 0 Å². The number of nitrogen functional groups attached to an aromatic ring is 1. The molecule has 1 aromatic rings. The van der Waals surface area contributed by atoms with Crippen molar-refractivity contribution in [3.63, 3.8) is 0 Å². The van der Waals surface area contributed by atoms with E-state index in [1.807, 2.05) is 19.1 Å². The molecule has 0 unspecified atom stereocenters. The van der Waals surface area contributed by atoms with Crippen LogP contribution in [0.2, 0.25) is 0 Å². The highest BCUT2D eigenvalue weighted by Gasteiger charge is 2.04. The number of nitrogens with two attached hydrogens (primary N) is 1. The summed E-state index contributed by atoms with van der Waals surface area (Å²) in [6, 6.07) is 4.00. The second-order valence-corrected chi connectivity index (χ2v) is 3.54. The van der Waals surface area contributed by atoms with Crippen LogP contribution in [0.4, 0.5) is 5.82 Å². The molecule has 0 aliphatic rings. The van der Waals surface area contributed by atoms with Crippen LogP contribution in [0.15, 0.2) is 12.1 Å². The Morgan fingerprint density at radius 3 is 2.57 bits per heavy atom. The molecule has 4 heteroatoms. The maximum Gasteiger partial charge on any atom is 0.126 e. The van der Waals surface area contributed by atoms with Crippen molar-refractivity contribution < 1.29 is 0 Å². The number of aryl methyl sites for hydroxylation is 1. The molecule has 0 saturated carbocycles. The van der Waals surface area contributed by atoms with Crippen LogP contribution in [0, 0.1) is 12.3 Å². The van der Waals surface area contributed by atoms with E-state index in [-0.39, 0.29) is 5.84 Å². The molecule has 0 aliphatic heterocycles. The van der Waals surface area contributed by atoms with E-state index in [9.17, 15) is 0 Å². The van der Waals surface area contributed by atoms with Gasteiger partial charge in [-0.1, -0.05) is 0 Å². The van der Waals surface area contributed by atoms with Crippen molar-refractivity contribution in [1.29, 1.82) is 5.41 Å². The number of anilines is 1. The van der Waals surface area contributed by atoms with Gasteiger partial charge in [0, 0.05) is 11.6 Å². The monoisotopic (exact) mass is 192 g/mol. The Kier molecular flexibility index (Phi) is 3.06. The summed E-state index contributed by atoms with van der Waals surface area (Å²) in [5.41, 5.74) is 6.86. The lowest BCUT2D eigenvalue weighted by Crippen LogP contribution is -2.16. The quantitative estimate of drug-likeness (QED) is 0.501. The van der Waals surface area contributed by atoms with E-state index in [0.29, 0.717) is 11.6 Å². The molecule has 0 atom stereocenters. The molecule has 0 radical (unpaired) electrons. The number of aromatic nitrogens is 1. The summed E-state index contributed by atoms with van der Waals surface area (Å²) in [5.74, 6) is 0.883. The summed E-state index contributed by atoms with van der Waals surface area (Å²) in [6.07, 6.45) is 0. The number of amidine groups is 1. The molecule has 76 valence electrons. The van der Waals surface area contributed by atoms with Gasteiger partial charge in [-0.15, -0.1) is 0 Å². The van der Waals surface area contributed by atoms with Crippen LogP contribution < -0.4 is 11.1 Å². The highest BCUT2D eigenvalue weighted by atomic mass is 15.0. The molecule has 1 rings (SSSR count). The molecular weight excluding hydrogens is 176 g/mol. The molecule has 0 amide bonds. The predicted molar refractivity (Wildman–Crippen MR) is 58.7 cm³/mol. The van der Waals surface area contributed by atoms with Gasteiger partial charge in [0.1, 0.15) is 11.7 Å². The fourth-order valence-corrected chi connectivity index (χ4v) is 1.22. The topological polar surface area (TPSA) is 74.8 Å². The largest absolute Gasteiger partial charge is 0.384 e. The normalized spacial score (nSPS) is 10.3. The van der Waals surface area contributed by atoms with Crippen molar-refractivity contribution in [3.05, 3.63) is 23.4 Å². The van der Waals surface area contributed by atoms with E-state index < -0.39 is 0 Å². The number of hydrogen-bond donors (Lipinski definition) is 3. The molecule has 0 spiro atoms. The zero-order valence-electron chi connectivity index (χ0n) is 8.76. The van der Waals surface area contributed by atoms with E-state index in [4.69, 9.17) is 11.1 Å². The number of nitrogens with one attached hydrogen (secondary N) is 2. The molecule has 4 nitrogen and oxygen atoms in total. The molecule has 1 heterocycles. The van der Waals surface area contributed by atoms with E-state index in [2.05, 4.69) is 24.1 Å². The number of hydrogen-bond acceptors (Lipinski definition) is 3. The van der Waals surface area contributed by atoms with E-state index >= 15 is 0 Å². The van der Waals surface area contributed by atoms with E-state index in [1.165, 1.54) is 0 Å². The first-order valence-corrected chi connectivity index (χ1v) is 4.59. The van der Waals surface area contributed by atoms with E-state index in [1.54, 1.807) is 0 Å². The Morgan fingerprint density at radius 2 is 2.14 bits per heavy atom. The first kappa shape index (κ1) is 10.5. The maximum atomic E-state index is 7.31. The van der Waals surface area contributed by atoms with E-state index in [0.717, 1.165) is 11.5 Å². The lowest BCUT2D eigenvalue weighted by Gasteiger charge is -2.10. The summed E-state index contributed by atoms with van der Waals surface area (Å²) in [5, 5.41) is 10.5. The predicted octanol–water partition coefficient (Wildman–Crippen LogP) is 1.49. The molecule has 0 fully saturated rings. The third-order valence-corrected chi connectivity index (χ3v) is 1.81. The Balaban J connectivity index is 2.94. The average molecular weight is 192 g/mol. The van der Waals surface area contributed by atoms with Crippen molar-refractivity contribution in [2.75, 3.05) is 5.32 Å². The average Bonchev–Trinajstić information content (AvgIpc) is 2.01. The van der Waals surface area contributed by atoms with Crippen molar-refractivity contribution >= 4 is 11.7 Å². The summed E-state index contributed by atoms with van der Waals surface area (Å²) >= 11 is 0. The van der Waals surface area contributed by atoms with Gasteiger partial charge >= 0.3 is 0 Å². The molecule has 14 heavy (non-hydrogen) atoms.